The molecule has 236 valence electrons. The van der Waals surface area contributed by atoms with Gasteiger partial charge in [0.15, 0.2) is 0 Å². The highest BCUT2D eigenvalue weighted by Crippen LogP contribution is 2.47. The largest absolute Gasteiger partial charge is 0.456 e. The van der Waals surface area contributed by atoms with E-state index in [2.05, 4.69) is 192 Å². The van der Waals surface area contributed by atoms with Gasteiger partial charge in [-0.25, -0.2) is 0 Å². The first-order valence-electron chi connectivity index (χ1n) is 16.8. The van der Waals surface area contributed by atoms with Crippen molar-refractivity contribution in [2.45, 2.75) is 0 Å². The normalized spacial score (nSPS) is 11.6. The van der Waals surface area contributed by atoms with E-state index in [-0.39, 0.29) is 0 Å². The van der Waals surface area contributed by atoms with E-state index < -0.39 is 0 Å². The van der Waals surface area contributed by atoms with Crippen LogP contribution in [0.3, 0.4) is 0 Å². The van der Waals surface area contributed by atoms with Gasteiger partial charge in [-0.15, -0.1) is 11.3 Å². The maximum atomic E-state index is 6.74. The molecular formula is C46H30N2OS. The molecule has 0 aliphatic rings. The first-order chi connectivity index (χ1) is 24.8. The highest BCUT2D eigenvalue weighted by Gasteiger charge is 2.22. The lowest BCUT2D eigenvalue weighted by atomic mass is 10.00. The number of thiophene rings is 1. The van der Waals surface area contributed by atoms with Crippen molar-refractivity contribution in [1.29, 1.82) is 0 Å². The maximum Gasteiger partial charge on any atom is 0.138 e. The minimum atomic E-state index is 0.862. The molecule has 8 aromatic carbocycles. The van der Waals surface area contributed by atoms with E-state index in [0.717, 1.165) is 66.8 Å². The summed E-state index contributed by atoms with van der Waals surface area (Å²) in [5.74, 6) is 0. The van der Waals surface area contributed by atoms with E-state index >= 15 is 0 Å². The second kappa shape index (κ2) is 11.7. The van der Waals surface area contributed by atoms with Gasteiger partial charge >= 0.3 is 0 Å². The lowest BCUT2D eigenvalue weighted by Crippen LogP contribution is -2.10. The third-order valence-corrected chi connectivity index (χ3v) is 10.7. The molecule has 0 saturated carbocycles. The molecule has 0 fully saturated rings. The van der Waals surface area contributed by atoms with Crippen LogP contribution < -0.4 is 9.80 Å². The SMILES string of the molecule is c1ccc(N(c2ccccc2)c2ccc3oc4cc(N(c5ccccc5)c5ccc6c(c5)sc5ccccc56)c5ccccc5c4c3c2)cc1. The molecule has 4 heteroatoms. The molecule has 0 unspecified atom stereocenters. The van der Waals surface area contributed by atoms with Gasteiger partial charge in [0.25, 0.3) is 0 Å². The Morgan fingerprint density at radius 3 is 1.58 bits per heavy atom. The molecular weight excluding hydrogens is 629 g/mol. The number of benzene rings is 8. The topological polar surface area (TPSA) is 19.6 Å². The lowest BCUT2D eigenvalue weighted by Gasteiger charge is -2.27. The predicted octanol–water partition coefficient (Wildman–Crippen LogP) is 14.0. The van der Waals surface area contributed by atoms with Crippen LogP contribution in [0.1, 0.15) is 0 Å². The summed E-state index contributed by atoms with van der Waals surface area (Å²) in [6, 6.07) is 64.8. The summed E-state index contributed by atoms with van der Waals surface area (Å²) in [5, 5.41) is 7.13. The van der Waals surface area contributed by atoms with Crippen molar-refractivity contribution in [1.82, 2.24) is 0 Å². The molecule has 3 nitrogen and oxygen atoms in total. The molecule has 0 aliphatic heterocycles. The molecule has 50 heavy (non-hydrogen) atoms. The standard InChI is InChI=1S/C46H30N2OS/c1-4-14-31(15-5-1)47(32-16-6-2-7-17-32)34-25-27-42-40(28-34)46-39-22-11-10-20-36(39)41(30-43(46)49-42)48(33-18-8-3-9-19-33)35-24-26-38-37-21-12-13-23-44(37)50-45(38)29-35/h1-30H. The predicted molar refractivity (Wildman–Crippen MR) is 213 cm³/mol. The molecule has 0 aliphatic carbocycles. The van der Waals surface area contributed by atoms with Crippen LogP contribution in [0.5, 0.6) is 0 Å². The summed E-state index contributed by atoms with van der Waals surface area (Å²) < 4.78 is 9.31. The van der Waals surface area contributed by atoms with E-state index in [9.17, 15) is 0 Å². The summed E-state index contributed by atoms with van der Waals surface area (Å²) in [6.45, 7) is 0. The Hall–Kier alpha value is -6.36. The van der Waals surface area contributed by atoms with Crippen LogP contribution in [0.2, 0.25) is 0 Å². The second-order valence-electron chi connectivity index (χ2n) is 12.6. The molecule has 0 saturated heterocycles. The lowest BCUT2D eigenvalue weighted by molar-refractivity contribution is 0.669. The number of fused-ring (bicyclic) bond motifs is 8. The average molecular weight is 659 g/mol. The van der Waals surface area contributed by atoms with Crippen LogP contribution in [0.15, 0.2) is 186 Å². The molecule has 2 heterocycles. The molecule has 0 bridgehead atoms. The van der Waals surface area contributed by atoms with Crippen molar-refractivity contribution in [3.63, 3.8) is 0 Å². The zero-order valence-corrected chi connectivity index (χ0v) is 27.8. The van der Waals surface area contributed by atoms with Crippen molar-refractivity contribution in [2.75, 3.05) is 9.80 Å². The first kappa shape index (κ1) is 28.6. The van der Waals surface area contributed by atoms with Crippen molar-refractivity contribution in [3.05, 3.63) is 182 Å². The fourth-order valence-corrected chi connectivity index (χ4v) is 8.53. The summed E-state index contributed by atoms with van der Waals surface area (Å²) in [7, 11) is 0. The molecule has 0 N–H and O–H groups in total. The van der Waals surface area contributed by atoms with Gasteiger partial charge in [-0.3, -0.25) is 0 Å². The fraction of sp³-hybridized carbons (Fsp3) is 0. The first-order valence-corrected chi connectivity index (χ1v) is 17.7. The Balaban J connectivity index is 1.20. The van der Waals surface area contributed by atoms with Crippen LogP contribution >= 0.6 is 11.3 Å². The maximum absolute atomic E-state index is 6.74. The van der Waals surface area contributed by atoms with Gasteiger partial charge in [0.05, 0.1) is 5.69 Å². The molecule has 2 aromatic heterocycles. The van der Waals surface area contributed by atoms with E-state index in [1.807, 2.05) is 11.3 Å². The third-order valence-electron chi connectivity index (χ3n) is 9.60. The number of anilines is 6. The molecule has 0 atom stereocenters. The quantitative estimate of drug-likeness (QED) is 0.177. The van der Waals surface area contributed by atoms with Crippen LogP contribution in [0.4, 0.5) is 34.1 Å². The van der Waals surface area contributed by atoms with E-state index in [0.29, 0.717) is 0 Å². The number of rotatable bonds is 6. The highest BCUT2D eigenvalue weighted by atomic mass is 32.1. The number of nitrogens with zero attached hydrogens (tertiary/aromatic N) is 2. The van der Waals surface area contributed by atoms with Crippen molar-refractivity contribution in [2.24, 2.45) is 0 Å². The molecule has 0 spiro atoms. The van der Waals surface area contributed by atoms with Crippen molar-refractivity contribution < 1.29 is 4.42 Å². The van der Waals surface area contributed by atoms with Gasteiger partial charge in [-0.1, -0.05) is 103 Å². The minimum absolute atomic E-state index is 0.862. The van der Waals surface area contributed by atoms with Crippen LogP contribution in [-0.4, -0.2) is 0 Å². The minimum Gasteiger partial charge on any atom is -0.456 e. The van der Waals surface area contributed by atoms with Crippen molar-refractivity contribution in [3.8, 4) is 0 Å². The number of hydrogen-bond acceptors (Lipinski definition) is 4. The van der Waals surface area contributed by atoms with Gasteiger partial charge in [0.2, 0.25) is 0 Å². The monoisotopic (exact) mass is 658 g/mol. The van der Waals surface area contributed by atoms with Gasteiger partial charge in [-0.05, 0) is 78.2 Å². The molecule has 10 aromatic rings. The van der Waals surface area contributed by atoms with E-state index in [1.165, 1.54) is 20.2 Å². The van der Waals surface area contributed by atoms with Crippen LogP contribution in [0.25, 0.3) is 52.9 Å². The summed E-state index contributed by atoms with van der Waals surface area (Å²) in [4.78, 5) is 4.67. The van der Waals surface area contributed by atoms with Crippen LogP contribution in [-0.2, 0) is 0 Å². The highest BCUT2D eigenvalue weighted by molar-refractivity contribution is 7.25. The van der Waals surface area contributed by atoms with Gasteiger partial charge in [0.1, 0.15) is 11.2 Å². The third kappa shape index (κ3) is 4.65. The molecule has 10 rings (SSSR count). The number of furan rings is 1. The van der Waals surface area contributed by atoms with Gasteiger partial charge in [0, 0.05) is 70.8 Å². The second-order valence-corrected chi connectivity index (χ2v) is 13.6. The molecule has 0 amide bonds. The Labute approximate surface area is 293 Å². The van der Waals surface area contributed by atoms with E-state index in [4.69, 9.17) is 4.42 Å². The number of hydrogen-bond donors (Lipinski definition) is 0. The summed E-state index contributed by atoms with van der Waals surface area (Å²) in [6.07, 6.45) is 0. The summed E-state index contributed by atoms with van der Waals surface area (Å²) >= 11 is 1.84. The molecule has 0 radical (unpaired) electrons. The Morgan fingerprint density at radius 1 is 0.340 bits per heavy atom. The Morgan fingerprint density at radius 2 is 0.880 bits per heavy atom. The Kier molecular flexibility index (Phi) is 6.68. The van der Waals surface area contributed by atoms with Crippen LogP contribution in [0, 0.1) is 0 Å². The van der Waals surface area contributed by atoms with E-state index in [1.54, 1.807) is 0 Å². The van der Waals surface area contributed by atoms with Crippen molar-refractivity contribution >= 4 is 98.3 Å². The zero-order chi connectivity index (χ0) is 33.0. The fourth-order valence-electron chi connectivity index (χ4n) is 7.39. The van der Waals surface area contributed by atoms with Gasteiger partial charge in [-0.2, -0.15) is 0 Å². The average Bonchev–Trinajstić information content (AvgIpc) is 3.74. The number of para-hydroxylation sites is 3. The van der Waals surface area contributed by atoms with Gasteiger partial charge < -0.3 is 14.2 Å². The summed E-state index contributed by atoms with van der Waals surface area (Å²) in [5.41, 5.74) is 8.30. The Bertz CT molecular complexity index is 2780. The zero-order valence-electron chi connectivity index (χ0n) is 27.0. The smallest absolute Gasteiger partial charge is 0.138 e.